The van der Waals surface area contributed by atoms with E-state index >= 15 is 0 Å². The highest BCUT2D eigenvalue weighted by molar-refractivity contribution is 6.02. The van der Waals surface area contributed by atoms with Crippen LogP contribution in [0.15, 0.2) is 60.6 Å². The number of nitrogens with zero attached hydrogens (tertiary/aromatic N) is 1. The second-order valence-electron chi connectivity index (χ2n) is 3.96. The Morgan fingerprint density at radius 3 is 2.30 bits per heavy atom. The van der Waals surface area contributed by atoms with Crippen LogP contribution in [0.5, 0.6) is 0 Å². The van der Waals surface area contributed by atoms with Crippen LogP contribution in [0.3, 0.4) is 0 Å². The Labute approximate surface area is 115 Å². The SMILES string of the molecule is O=C(O)C(=Cc1ccncc1)NC(=O)c1ccccc1. The number of aliphatic carboxylic acids is 1. The number of carbonyl (C=O) groups is 2. The zero-order chi connectivity index (χ0) is 14.4. The lowest BCUT2D eigenvalue weighted by atomic mass is 10.2. The molecule has 0 saturated heterocycles. The van der Waals surface area contributed by atoms with Crippen LogP contribution in [-0.4, -0.2) is 22.0 Å². The van der Waals surface area contributed by atoms with E-state index in [1.165, 1.54) is 6.08 Å². The van der Waals surface area contributed by atoms with Gasteiger partial charge in [0.25, 0.3) is 5.91 Å². The second-order valence-corrected chi connectivity index (χ2v) is 3.96. The molecule has 0 aliphatic rings. The first-order chi connectivity index (χ1) is 9.66. The Kier molecular flexibility index (Phi) is 4.24. The van der Waals surface area contributed by atoms with Gasteiger partial charge in [0.2, 0.25) is 0 Å². The van der Waals surface area contributed by atoms with E-state index in [1.807, 2.05) is 0 Å². The van der Waals surface area contributed by atoms with E-state index in [9.17, 15) is 9.59 Å². The molecule has 1 aromatic heterocycles. The Morgan fingerprint density at radius 1 is 1.05 bits per heavy atom. The smallest absolute Gasteiger partial charge is 0.352 e. The molecule has 5 nitrogen and oxygen atoms in total. The fourth-order valence-electron chi connectivity index (χ4n) is 1.56. The third kappa shape index (κ3) is 3.52. The number of hydrogen-bond acceptors (Lipinski definition) is 3. The summed E-state index contributed by atoms with van der Waals surface area (Å²) in [6.45, 7) is 0. The normalized spacial score (nSPS) is 10.9. The number of aromatic nitrogens is 1. The van der Waals surface area contributed by atoms with Crippen LogP contribution in [0, 0.1) is 0 Å². The minimum absolute atomic E-state index is 0.190. The van der Waals surface area contributed by atoms with Gasteiger partial charge < -0.3 is 10.4 Å². The molecule has 20 heavy (non-hydrogen) atoms. The van der Waals surface area contributed by atoms with Crippen LogP contribution in [0.1, 0.15) is 15.9 Å². The van der Waals surface area contributed by atoms with Crippen molar-refractivity contribution >= 4 is 18.0 Å². The largest absolute Gasteiger partial charge is 0.477 e. The number of hydrogen-bond donors (Lipinski definition) is 2. The van der Waals surface area contributed by atoms with Crippen LogP contribution in [0.2, 0.25) is 0 Å². The molecule has 0 aliphatic carbocycles. The molecule has 0 bridgehead atoms. The van der Waals surface area contributed by atoms with E-state index in [1.54, 1.807) is 54.9 Å². The lowest BCUT2D eigenvalue weighted by Crippen LogP contribution is -2.27. The molecule has 0 fully saturated rings. The highest BCUT2D eigenvalue weighted by Gasteiger charge is 2.12. The molecule has 5 heteroatoms. The third-order valence-electron chi connectivity index (χ3n) is 2.53. The van der Waals surface area contributed by atoms with Crippen molar-refractivity contribution in [2.45, 2.75) is 0 Å². The highest BCUT2D eigenvalue weighted by atomic mass is 16.4. The van der Waals surface area contributed by atoms with E-state index in [4.69, 9.17) is 5.11 Å². The quantitative estimate of drug-likeness (QED) is 0.830. The molecule has 1 heterocycles. The van der Waals surface area contributed by atoms with E-state index in [2.05, 4.69) is 10.3 Å². The first kappa shape index (κ1) is 13.5. The Morgan fingerprint density at radius 2 is 1.70 bits per heavy atom. The molecule has 0 spiro atoms. The Hall–Kier alpha value is -2.95. The zero-order valence-corrected chi connectivity index (χ0v) is 10.5. The summed E-state index contributed by atoms with van der Waals surface area (Å²) in [5.41, 5.74) is 0.852. The molecule has 1 aromatic carbocycles. The maximum Gasteiger partial charge on any atom is 0.352 e. The van der Waals surface area contributed by atoms with Gasteiger partial charge in [-0.25, -0.2) is 4.79 Å². The summed E-state index contributed by atoms with van der Waals surface area (Å²) < 4.78 is 0. The van der Waals surface area contributed by atoms with Gasteiger partial charge in [-0.2, -0.15) is 0 Å². The number of carboxylic acids is 1. The average molecular weight is 268 g/mol. The molecule has 0 atom stereocenters. The van der Waals surface area contributed by atoms with Gasteiger partial charge in [-0.15, -0.1) is 0 Å². The molecule has 2 aromatic rings. The number of rotatable bonds is 4. The van der Waals surface area contributed by atoms with Crippen LogP contribution in [0.25, 0.3) is 6.08 Å². The lowest BCUT2D eigenvalue weighted by Gasteiger charge is -2.06. The van der Waals surface area contributed by atoms with Gasteiger partial charge in [-0.1, -0.05) is 18.2 Å². The fourth-order valence-corrected chi connectivity index (χ4v) is 1.56. The molecule has 0 unspecified atom stereocenters. The number of carbonyl (C=O) groups excluding carboxylic acids is 1. The van der Waals surface area contributed by atoms with Crippen molar-refractivity contribution in [1.29, 1.82) is 0 Å². The standard InChI is InChI=1S/C15H12N2O3/c18-14(12-4-2-1-3-5-12)17-13(15(19)20)10-11-6-8-16-9-7-11/h1-10H,(H,17,18)(H,19,20). The highest BCUT2D eigenvalue weighted by Crippen LogP contribution is 2.06. The molecule has 0 radical (unpaired) electrons. The van der Waals surface area contributed by atoms with E-state index in [-0.39, 0.29) is 5.70 Å². The molecule has 100 valence electrons. The average Bonchev–Trinajstić information content (AvgIpc) is 2.48. The summed E-state index contributed by atoms with van der Waals surface area (Å²) >= 11 is 0. The summed E-state index contributed by atoms with van der Waals surface area (Å²) in [4.78, 5) is 26.9. The van der Waals surface area contributed by atoms with Crippen LogP contribution in [0.4, 0.5) is 0 Å². The molecular formula is C15H12N2O3. The van der Waals surface area contributed by atoms with Gasteiger partial charge in [0.05, 0.1) is 0 Å². The minimum atomic E-state index is -1.20. The molecular weight excluding hydrogens is 256 g/mol. The lowest BCUT2D eigenvalue weighted by molar-refractivity contribution is -0.132. The topological polar surface area (TPSA) is 79.3 Å². The molecule has 2 N–H and O–H groups in total. The summed E-state index contributed by atoms with van der Waals surface area (Å²) in [7, 11) is 0. The molecule has 2 rings (SSSR count). The van der Waals surface area contributed by atoms with Crippen LogP contribution >= 0.6 is 0 Å². The van der Waals surface area contributed by atoms with Gasteiger partial charge >= 0.3 is 5.97 Å². The van der Waals surface area contributed by atoms with Crippen molar-refractivity contribution in [1.82, 2.24) is 10.3 Å². The first-order valence-electron chi connectivity index (χ1n) is 5.88. The van der Waals surface area contributed by atoms with Crippen molar-refractivity contribution in [3.8, 4) is 0 Å². The van der Waals surface area contributed by atoms with E-state index < -0.39 is 11.9 Å². The summed E-state index contributed by atoms with van der Waals surface area (Å²) in [5.74, 6) is -1.67. The van der Waals surface area contributed by atoms with Crippen molar-refractivity contribution < 1.29 is 14.7 Å². The minimum Gasteiger partial charge on any atom is -0.477 e. The van der Waals surface area contributed by atoms with E-state index in [0.29, 0.717) is 11.1 Å². The van der Waals surface area contributed by atoms with Crippen LogP contribution in [-0.2, 0) is 4.79 Å². The number of nitrogens with one attached hydrogen (secondary N) is 1. The molecule has 0 saturated carbocycles. The predicted octanol–water partition coefficient (Wildman–Crippen LogP) is 1.94. The van der Waals surface area contributed by atoms with Crippen LogP contribution < -0.4 is 5.32 Å². The molecule has 1 amide bonds. The zero-order valence-electron chi connectivity index (χ0n) is 10.5. The van der Waals surface area contributed by atoms with E-state index in [0.717, 1.165) is 0 Å². The Bertz CT molecular complexity index is 637. The van der Waals surface area contributed by atoms with Gasteiger partial charge in [0.15, 0.2) is 0 Å². The predicted molar refractivity (Wildman–Crippen MR) is 73.8 cm³/mol. The van der Waals surface area contributed by atoms with Crippen molar-refractivity contribution in [2.75, 3.05) is 0 Å². The van der Waals surface area contributed by atoms with Crippen molar-refractivity contribution in [3.63, 3.8) is 0 Å². The van der Waals surface area contributed by atoms with Gasteiger partial charge in [-0.3, -0.25) is 9.78 Å². The maximum atomic E-state index is 11.9. The van der Waals surface area contributed by atoms with Crippen molar-refractivity contribution in [3.05, 3.63) is 71.7 Å². The van der Waals surface area contributed by atoms with Gasteiger partial charge in [-0.05, 0) is 35.9 Å². The number of benzene rings is 1. The van der Waals surface area contributed by atoms with Gasteiger partial charge in [0, 0.05) is 18.0 Å². The summed E-state index contributed by atoms with van der Waals surface area (Å²) in [6.07, 6.45) is 4.47. The summed E-state index contributed by atoms with van der Waals surface area (Å²) in [6, 6.07) is 11.7. The van der Waals surface area contributed by atoms with Crippen molar-refractivity contribution in [2.24, 2.45) is 0 Å². The monoisotopic (exact) mass is 268 g/mol. The maximum absolute atomic E-state index is 11.9. The first-order valence-corrected chi connectivity index (χ1v) is 5.88. The second kappa shape index (κ2) is 6.29. The Balaban J connectivity index is 2.21. The number of carboxylic acid groups (broad SMARTS) is 1. The third-order valence-corrected chi connectivity index (χ3v) is 2.53. The summed E-state index contributed by atoms with van der Waals surface area (Å²) in [5, 5.41) is 11.5. The molecule has 0 aliphatic heterocycles. The fraction of sp³-hybridized carbons (Fsp3) is 0. The number of amides is 1. The number of pyridine rings is 1. The van der Waals surface area contributed by atoms with Gasteiger partial charge in [0.1, 0.15) is 5.70 Å².